The molecule has 2 rings (SSSR count). The minimum atomic E-state index is 0.634. The highest BCUT2D eigenvalue weighted by Gasteiger charge is 2.01. The van der Waals surface area contributed by atoms with Crippen LogP contribution < -0.4 is 4.74 Å². The first-order valence-corrected chi connectivity index (χ1v) is 4.95. The lowest BCUT2D eigenvalue weighted by atomic mass is 10.2. The van der Waals surface area contributed by atoms with E-state index in [9.17, 15) is 0 Å². The standard InChI is InChI=1S/C11H11ClN2O/c1-15-11-3-2-9(6-10(11)12)7-14-5-4-13-8-14/h2-6,8H,7H2,1H3. The predicted molar refractivity (Wildman–Crippen MR) is 59.3 cm³/mol. The summed E-state index contributed by atoms with van der Waals surface area (Å²) in [5, 5.41) is 0.634. The van der Waals surface area contributed by atoms with Gasteiger partial charge in [0.2, 0.25) is 0 Å². The summed E-state index contributed by atoms with van der Waals surface area (Å²) >= 11 is 6.02. The van der Waals surface area contributed by atoms with Crippen LogP contribution in [0.1, 0.15) is 5.56 Å². The van der Waals surface area contributed by atoms with Gasteiger partial charge in [-0.05, 0) is 17.7 Å². The number of aromatic nitrogens is 2. The van der Waals surface area contributed by atoms with Crippen molar-refractivity contribution in [2.24, 2.45) is 0 Å². The number of benzene rings is 1. The largest absolute Gasteiger partial charge is 0.495 e. The van der Waals surface area contributed by atoms with Crippen LogP contribution in [0, 0.1) is 0 Å². The SMILES string of the molecule is COc1ccc(Cn2ccnc2)cc1Cl. The molecule has 78 valence electrons. The van der Waals surface area contributed by atoms with Gasteiger partial charge in [-0.15, -0.1) is 0 Å². The minimum Gasteiger partial charge on any atom is -0.495 e. The predicted octanol–water partition coefficient (Wildman–Crippen LogP) is 2.59. The van der Waals surface area contributed by atoms with Gasteiger partial charge in [0, 0.05) is 18.9 Å². The van der Waals surface area contributed by atoms with E-state index in [0.29, 0.717) is 10.8 Å². The normalized spacial score (nSPS) is 10.3. The molecule has 0 N–H and O–H groups in total. The second-order valence-electron chi connectivity index (χ2n) is 3.20. The Morgan fingerprint density at radius 3 is 2.93 bits per heavy atom. The topological polar surface area (TPSA) is 27.1 Å². The fraction of sp³-hybridized carbons (Fsp3) is 0.182. The number of hydrogen-bond acceptors (Lipinski definition) is 2. The highest BCUT2D eigenvalue weighted by atomic mass is 35.5. The van der Waals surface area contributed by atoms with Gasteiger partial charge in [-0.2, -0.15) is 0 Å². The van der Waals surface area contributed by atoms with Crippen LogP contribution in [0.5, 0.6) is 5.75 Å². The number of halogens is 1. The van der Waals surface area contributed by atoms with Gasteiger partial charge >= 0.3 is 0 Å². The lowest BCUT2D eigenvalue weighted by molar-refractivity contribution is 0.415. The first-order chi connectivity index (χ1) is 7.29. The molecule has 0 atom stereocenters. The van der Waals surface area contributed by atoms with E-state index in [0.717, 1.165) is 12.1 Å². The summed E-state index contributed by atoms with van der Waals surface area (Å²) in [4.78, 5) is 3.98. The summed E-state index contributed by atoms with van der Waals surface area (Å²) in [6.45, 7) is 0.768. The van der Waals surface area contributed by atoms with Crippen molar-refractivity contribution in [2.75, 3.05) is 7.11 Å². The Kier molecular flexibility index (Phi) is 2.92. The number of nitrogens with zero attached hydrogens (tertiary/aromatic N) is 2. The molecule has 0 aliphatic heterocycles. The van der Waals surface area contributed by atoms with E-state index in [1.165, 1.54) is 0 Å². The zero-order chi connectivity index (χ0) is 10.7. The average molecular weight is 223 g/mol. The third-order valence-electron chi connectivity index (χ3n) is 2.14. The van der Waals surface area contributed by atoms with Crippen LogP contribution in [-0.4, -0.2) is 16.7 Å². The summed E-state index contributed by atoms with van der Waals surface area (Å²) < 4.78 is 7.07. The van der Waals surface area contributed by atoms with Crippen LogP contribution >= 0.6 is 11.6 Å². The zero-order valence-corrected chi connectivity index (χ0v) is 9.11. The molecule has 0 fully saturated rings. The van der Waals surface area contributed by atoms with Gasteiger partial charge in [-0.3, -0.25) is 0 Å². The van der Waals surface area contributed by atoms with E-state index < -0.39 is 0 Å². The third kappa shape index (κ3) is 2.30. The Morgan fingerprint density at radius 2 is 2.33 bits per heavy atom. The van der Waals surface area contributed by atoms with Gasteiger partial charge in [0.15, 0.2) is 0 Å². The maximum atomic E-state index is 6.02. The molecule has 1 heterocycles. The van der Waals surface area contributed by atoms with Crippen molar-refractivity contribution in [3.05, 3.63) is 47.5 Å². The first-order valence-electron chi connectivity index (χ1n) is 4.58. The van der Waals surface area contributed by atoms with E-state index in [4.69, 9.17) is 16.3 Å². The van der Waals surface area contributed by atoms with E-state index >= 15 is 0 Å². The van der Waals surface area contributed by atoms with Gasteiger partial charge in [-0.25, -0.2) is 4.98 Å². The summed E-state index contributed by atoms with van der Waals surface area (Å²) in [5.74, 6) is 0.700. The van der Waals surface area contributed by atoms with Crippen LogP contribution in [0.2, 0.25) is 5.02 Å². The second-order valence-corrected chi connectivity index (χ2v) is 3.61. The monoisotopic (exact) mass is 222 g/mol. The van der Waals surface area contributed by atoms with Crippen LogP contribution in [0.3, 0.4) is 0 Å². The molecule has 4 heteroatoms. The molecule has 15 heavy (non-hydrogen) atoms. The Labute approximate surface area is 93.3 Å². The zero-order valence-electron chi connectivity index (χ0n) is 8.35. The van der Waals surface area contributed by atoms with Crippen molar-refractivity contribution >= 4 is 11.6 Å². The Balaban J connectivity index is 2.20. The number of methoxy groups -OCH3 is 1. The molecule has 0 aliphatic rings. The molecule has 0 bridgehead atoms. The van der Waals surface area contributed by atoms with Gasteiger partial charge in [0.1, 0.15) is 5.75 Å². The molecule has 1 aromatic heterocycles. The number of imidazole rings is 1. The maximum Gasteiger partial charge on any atom is 0.137 e. The summed E-state index contributed by atoms with van der Waals surface area (Å²) in [6.07, 6.45) is 5.45. The lowest BCUT2D eigenvalue weighted by Gasteiger charge is -2.06. The van der Waals surface area contributed by atoms with Gasteiger partial charge in [-0.1, -0.05) is 17.7 Å². The fourth-order valence-corrected chi connectivity index (χ4v) is 1.68. The fourth-order valence-electron chi connectivity index (χ4n) is 1.40. The van der Waals surface area contributed by atoms with Crippen LogP contribution in [0.4, 0.5) is 0 Å². The van der Waals surface area contributed by atoms with Crippen molar-refractivity contribution < 1.29 is 4.74 Å². The van der Waals surface area contributed by atoms with Crippen LogP contribution in [0.15, 0.2) is 36.9 Å². The molecule has 0 spiro atoms. The van der Waals surface area contributed by atoms with Gasteiger partial charge in [0.25, 0.3) is 0 Å². The lowest BCUT2D eigenvalue weighted by Crippen LogP contribution is -1.96. The first kappa shape index (κ1) is 10.1. The quantitative estimate of drug-likeness (QED) is 0.798. The Morgan fingerprint density at radius 1 is 1.47 bits per heavy atom. The molecule has 1 aromatic carbocycles. The molecular weight excluding hydrogens is 212 g/mol. The highest BCUT2D eigenvalue weighted by molar-refractivity contribution is 6.32. The molecule has 0 saturated heterocycles. The van der Waals surface area contributed by atoms with E-state index in [-0.39, 0.29) is 0 Å². The van der Waals surface area contributed by atoms with Gasteiger partial charge < -0.3 is 9.30 Å². The molecule has 3 nitrogen and oxygen atoms in total. The number of rotatable bonds is 3. The van der Waals surface area contributed by atoms with Crippen molar-refractivity contribution in [2.45, 2.75) is 6.54 Å². The maximum absolute atomic E-state index is 6.02. The summed E-state index contributed by atoms with van der Waals surface area (Å²) in [5.41, 5.74) is 1.12. The van der Waals surface area contributed by atoms with Crippen molar-refractivity contribution in [1.29, 1.82) is 0 Å². The average Bonchev–Trinajstić information content (AvgIpc) is 2.71. The second kappa shape index (κ2) is 4.36. The van der Waals surface area contributed by atoms with E-state index in [1.54, 1.807) is 19.6 Å². The Bertz CT molecular complexity index is 440. The number of ether oxygens (including phenoxy) is 1. The highest BCUT2D eigenvalue weighted by Crippen LogP contribution is 2.25. The molecule has 0 radical (unpaired) electrons. The molecular formula is C11H11ClN2O. The third-order valence-corrected chi connectivity index (χ3v) is 2.44. The van der Waals surface area contributed by atoms with E-state index in [2.05, 4.69) is 4.98 Å². The number of hydrogen-bond donors (Lipinski definition) is 0. The van der Waals surface area contributed by atoms with Crippen molar-refractivity contribution in [3.63, 3.8) is 0 Å². The van der Waals surface area contributed by atoms with Crippen LogP contribution in [0.25, 0.3) is 0 Å². The molecule has 0 amide bonds. The Hall–Kier alpha value is -1.48. The summed E-state index contributed by atoms with van der Waals surface area (Å²) in [6, 6.07) is 5.76. The summed E-state index contributed by atoms with van der Waals surface area (Å²) in [7, 11) is 1.61. The smallest absolute Gasteiger partial charge is 0.137 e. The van der Waals surface area contributed by atoms with Crippen molar-refractivity contribution in [1.82, 2.24) is 9.55 Å². The molecule has 2 aromatic rings. The van der Waals surface area contributed by atoms with Gasteiger partial charge in [0.05, 0.1) is 18.5 Å². The molecule has 0 unspecified atom stereocenters. The van der Waals surface area contributed by atoms with Crippen LogP contribution in [-0.2, 0) is 6.54 Å². The minimum absolute atomic E-state index is 0.634. The molecule has 0 aliphatic carbocycles. The van der Waals surface area contributed by atoms with E-state index in [1.807, 2.05) is 29.0 Å². The van der Waals surface area contributed by atoms with Crippen molar-refractivity contribution in [3.8, 4) is 5.75 Å². The molecule has 0 saturated carbocycles.